The van der Waals surface area contributed by atoms with Gasteiger partial charge in [-0.15, -0.1) is 0 Å². The van der Waals surface area contributed by atoms with E-state index in [1.165, 1.54) is 0 Å². The van der Waals surface area contributed by atoms with Gasteiger partial charge in [0, 0.05) is 6.61 Å². The zero-order valence-electron chi connectivity index (χ0n) is 12.2. The first-order valence-electron chi connectivity index (χ1n) is 7.40. The number of hydrogen-bond donors (Lipinski definition) is 1. The Morgan fingerprint density at radius 3 is 2.32 bits per heavy atom. The van der Waals surface area contributed by atoms with Gasteiger partial charge in [0.25, 0.3) is 0 Å². The lowest BCUT2D eigenvalue weighted by Crippen LogP contribution is -2.17. The van der Waals surface area contributed by atoms with Gasteiger partial charge in [0.2, 0.25) is 0 Å². The van der Waals surface area contributed by atoms with Gasteiger partial charge in [0.15, 0.2) is 0 Å². The summed E-state index contributed by atoms with van der Waals surface area (Å²) in [5.74, 6) is -0.0918. The Labute approximate surface area is 129 Å². The maximum atomic E-state index is 12.0. The maximum absolute atomic E-state index is 12.0. The molecule has 1 heterocycles. The second-order valence-corrected chi connectivity index (χ2v) is 5.36. The lowest BCUT2D eigenvalue weighted by atomic mass is 10.0. The first-order chi connectivity index (χ1) is 10.7. The Morgan fingerprint density at radius 2 is 1.73 bits per heavy atom. The molecular weight excluding hydrogens is 280 g/mol. The number of ether oxygens (including phenoxy) is 2. The quantitative estimate of drug-likeness (QED) is 0.879. The van der Waals surface area contributed by atoms with Crippen molar-refractivity contribution in [3.63, 3.8) is 0 Å². The molecule has 114 valence electrons. The lowest BCUT2D eigenvalue weighted by Gasteiger charge is -2.10. The van der Waals surface area contributed by atoms with Gasteiger partial charge in [0.1, 0.15) is 12.4 Å². The number of rotatable bonds is 4. The molecular formula is C18H18O4. The van der Waals surface area contributed by atoms with Crippen LogP contribution in [0.25, 0.3) is 11.1 Å². The van der Waals surface area contributed by atoms with Gasteiger partial charge >= 0.3 is 5.97 Å². The number of carbonyl (C=O) groups is 1. The molecule has 2 aromatic carbocycles. The summed E-state index contributed by atoms with van der Waals surface area (Å²) < 4.78 is 10.7. The van der Waals surface area contributed by atoms with Crippen LogP contribution < -0.4 is 0 Å². The molecule has 2 aromatic rings. The zero-order valence-corrected chi connectivity index (χ0v) is 12.2. The fraction of sp³-hybridized carbons (Fsp3) is 0.278. The Balaban J connectivity index is 1.62. The Hall–Kier alpha value is -2.33. The third-order valence-electron chi connectivity index (χ3n) is 3.75. The van der Waals surface area contributed by atoms with Crippen molar-refractivity contribution >= 4 is 5.97 Å². The Kier molecular flexibility index (Phi) is 4.39. The topological polar surface area (TPSA) is 55.8 Å². The summed E-state index contributed by atoms with van der Waals surface area (Å²) in [6, 6.07) is 14.2. The van der Waals surface area contributed by atoms with Crippen LogP contribution in [0.5, 0.6) is 5.75 Å². The maximum Gasteiger partial charge on any atom is 0.338 e. The van der Waals surface area contributed by atoms with E-state index in [4.69, 9.17) is 9.47 Å². The molecule has 0 saturated carbocycles. The molecule has 3 rings (SSSR count). The van der Waals surface area contributed by atoms with Crippen LogP contribution in [0, 0.1) is 0 Å². The third-order valence-corrected chi connectivity index (χ3v) is 3.75. The average molecular weight is 298 g/mol. The predicted molar refractivity (Wildman–Crippen MR) is 82.8 cm³/mol. The molecule has 1 N–H and O–H groups in total. The molecule has 4 heteroatoms. The summed E-state index contributed by atoms with van der Waals surface area (Å²) in [4.78, 5) is 12.0. The SMILES string of the molecule is O=C(OC[C@H]1CCCO1)c1ccc(-c2ccc(O)cc2)cc1. The highest BCUT2D eigenvalue weighted by molar-refractivity contribution is 5.90. The molecule has 0 spiro atoms. The van der Waals surface area contributed by atoms with E-state index in [0.717, 1.165) is 30.6 Å². The lowest BCUT2D eigenvalue weighted by molar-refractivity contribution is 0.0161. The fourth-order valence-corrected chi connectivity index (χ4v) is 2.48. The molecule has 0 aliphatic carbocycles. The van der Waals surface area contributed by atoms with Crippen molar-refractivity contribution in [2.45, 2.75) is 18.9 Å². The van der Waals surface area contributed by atoms with Crippen molar-refractivity contribution in [3.05, 3.63) is 54.1 Å². The van der Waals surface area contributed by atoms with E-state index < -0.39 is 0 Å². The molecule has 4 nitrogen and oxygen atoms in total. The van der Waals surface area contributed by atoms with Crippen molar-refractivity contribution in [2.75, 3.05) is 13.2 Å². The molecule has 1 aliphatic heterocycles. The van der Waals surface area contributed by atoms with Gasteiger partial charge in [-0.25, -0.2) is 4.79 Å². The van der Waals surface area contributed by atoms with Gasteiger partial charge in [-0.2, -0.15) is 0 Å². The molecule has 1 saturated heterocycles. The normalized spacial score (nSPS) is 17.4. The van der Waals surface area contributed by atoms with E-state index in [-0.39, 0.29) is 17.8 Å². The van der Waals surface area contributed by atoms with E-state index in [1.807, 2.05) is 24.3 Å². The van der Waals surface area contributed by atoms with Crippen molar-refractivity contribution in [3.8, 4) is 16.9 Å². The minimum absolute atomic E-state index is 0.0419. The summed E-state index contributed by atoms with van der Waals surface area (Å²) in [6.45, 7) is 1.07. The molecule has 1 atom stereocenters. The van der Waals surface area contributed by atoms with E-state index >= 15 is 0 Å². The van der Waals surface area contributed by atoms with Gasteiger partial charge in [0.05, 0.1) is 11.7 Å². The molecule has 0 unspecified atom stereocenters. The zero-order chi connectivity index (χ0) is 15.4. The van der Waals surface area contributed by atoms with E-state index in [2.05, 4.69) is 0 Å². The van der Waals surface area contributed by atoms with Gasteiger partial charge in [-0.05, 0) is 48.2 Å². The molecule has 1 aliphatic rings. The van der Waals surface area contributed by atoms with Crippen molar-refractivity contribution < 1.29 is 19.4 Å². The van der Waals surface area contributed by atoms with E-state index in [0.29, 0.717) is 12.2 Å². The molecule has 0 radical (unpaired) electrons. The minimum Gasteiger partial charge on any atom is -0.508 e. The highest BCUT2D eigenvalue weighted by Gasteiger charge is 2.18. The highest BCUT2D eigenvalue weighted by Crippen LogP contribution is 2.22. The summed E-state index contributed by atoms with van der Waals surface area (Å²) in [6.07, 6.45) is 2.02. The standard InChI is InChI=1S/C18H18O4/c19-16-9-7-14(8-10-16)13-3-5-15(6-4-13)18(20)22-12-17-2-1-11-21-17/h3-10,17,19H,1-2,11-12H2/t17-/m1/s1. The predicted octanol–water partition coefficient (Wildman–Crippen LogP) is 3.40. The van der Waals surface area contributed by atoms with E-state index in [9.17, 15) is 9.90 Å². The van der Waals surface area contributed by atoms with Crippen LogP contribution in [0.1, 0.15) is 23.2 Å². The minimum atomic E-state index is -0.326. The second kappa shape index (κ2) is 6.62. The van der Waals surface area contributed by atoms with Gasteiger partial charge in [-0.3, -0.25) is 0 Å². The summed E-state index contributed by atoms with van der Waals surface area (Å²) >= 11 is 0. The number of esters is 1. The molecule has 1 fully saturated rings. The van der Waals surface area contributed by atoms with Crippen LogP contribution in [0.2, 0.25) is 0 Å². The van der Waals surface area contributed by atoms with Crippen LogP contribution in [0.15, 0.2) is 48.5 Å². The van der Waals surface area contributed by atoms with Gasteiger partial charge < -0.3 is 14.6 Å². The van der Waals surface area contributed by atoms with Crippen LogP contribution in [0.4, 0.5) is 0 Å². The second-order valence-electron chi connectivity index (χ2n) is 5.36. The average Bonchev–Trinajstić information content (AvgIpc) is 3.07. The summed E-state index contributed by atoms with van der Waals surface area (Å²) in [5.41, 5.74) is 2.49. The summed E-state index contributed by atoms with van der Waals surface area (Å²) in [5, 5.41) is 9.30. The largest absolute Gasteiger partial charge is 0.508 e. The number of hydrogen-bond acceptors (Lipinski definition) is 4. The third kappa shape index (κ3) is 3.46. The van der Waals surface area contributed by atoms with E-state index in [1.54, 1.807) is 24.3 Å². The molecule has 0 amide bonds. The Bertz CT molecular complexity index is 625. The first-order valence-corrected chi connectivity index (χ1v) is 7.40. The number of phenols is 1. The van der Waals surface area contributed by atoms with Crippen LogP contribution in [-0.4, -0.2) is 30.4 Å². The van der Waals surface area contributed by atoms with Crippen molar-refractivity contribution in [1.29, 1.82) is 0 Å². The van der Waals surface area contributed by atoms with Crippen molar-refractivity contribution in [1.82, 2.24) is 0 Å². The molecule has 0 aromatic heterocycles. The van der Waals surface area contributed by atoms with Crippen LogP contribution in [-0.2, 0) is 9.47 Å². The monoisotopic (exact) mass is 298 g/mol. The fourth-order valence-electron chi connectivity index (χ4n) is 2.48. The molecule has 22 heavy (non-hydrogen) atoms. The molecule has 0 bridgehead atoms. The highest BCUT2D eigenvalue weighted by atomic mass is 16.6. The number of carbonyl (C=O) groups excluding carboxylic acids is 1. The smallest absolute Gasteiger partial charge is 0.338 e. The van der Waals surface area contributed by atoms with Gasteiger partial charge in [-0.1, -0.05) is 24.3 Å². The van der Waals surface area contributed by atoms with Crippen LogP contribution in [0.3, 0.4) is 0 Å². The first kappa shape index (κ1) is 14.6. The van der Waals surface area contributed by atoms with Crippen LogP contribution >= 0.6 is 0 Å². The Morgan fingerprint density at radius 1 is 1.09 bits per heavy atom. The number of benzene rings is 2. The summed E-state index contributed by atoms with van der Waals surface area (Å²) in [7, 11) is 0. The van der Waals surface area contributed by atoms with Crippen molar-refractivity contribution in [2.24, 2.45) is 0 Å². The number of aromatic hydroxyl groups is 1. The number of phenolic OH excluding ortho intramolecular Hbond substituents is 1.